The van der Waals surface area contributed by atoms with Gasteiger partial charge in [-0.2, -0.15) is 0 Å². The van der Waals surface area contributed by atoms with E-state index in [-0.39, 0.29) is 19.2 Å². The zero-order valence-electron chi connectivity index (χ0n) is 14.1. The van der Waals surface area contributed by atoms with Gasteiger partial charge >= 0.3 is 5.97 Å². The summed E-state index contributed by atoms with van der Waals surface area (Å²) in [4.78, 5) is 14.0. The van der Waals surface area contributed by atoms with E-state index in [1.807, 2.05) is 18.2 Å². The summed E-state index contributed by atoms with van der Waals surface area (Å²) in [5.41, 5.74) is -0.488. The van der Waals surface area contributed by atoms with Crippen LogP contribution in [-0.4, -0.2) is 49.0 Å². The fraction of sp³-hybridized carbons (Fsp3) is 0.611. The topological polar surface area (TPSA) is 68.2 Å². The molecular formula is C18H24ClNO5. The number of nitrogens with zero attached hydrogens (tertiary/aromatic N) is 1. The number of carboxylic acid groups (broad SMARTS) is 1. The minimum Gasteiger partial charge on any atom is -0.493 e. The number of fused-ring (bicyclic) bond motifs is 2. The molecule has 2 aliphatic heterocycles. The second-order valence-corrected chi connectivity index (χ2v) is 7.00. The van der Waals surface area contributed by atoms with Crippen LogP contribution in [0.1, 0.15) is 25.7 Å². The van der Waals surface area contributed by atoms with E-state index in [2.05, 4.69) is 4.90 Å². The quantitative estimate of drug-likeness (QED) is 0.778. The van der Waals surface area contributed by atoms with Gasteiger partial charge in [0.25, 0.3) is 0 Å². The molecule has 0 spiro atoms. The first kappa shape index (κ1) is 18.1. The fourth-order valence-electron chi connectivity index (χ4n) is 4.36. The maximum atomic E-state index is 11.7. The van der Waals surface area contributed by atoms with Gasteiger partial charge in [0.15, 0.2) is 11.5 Å². The average Bonchev–Trinajstić information content (AvgIpc) is 3.24. The zero-order chi connectivity index (χ0) is 16.6. The molecule has 4 rings (SSSR count). The van der Waals surface area contributed by atoms with E-state index >= 15 is 0 Å². The Hall–Kier alpha value is -1.66. The molecule has 1 saturated heterocycles. The molecule has 0 radical (unpaired) electrons. The predicted molar refractivity (Wildman–Crippen MR) is 93.8 cm³/mol. The Labute approximate surface area is 153 Å². The molecular weight excluding hydrogens is 346 g/mol. The van der Waals surface area contributed by atoms with Crippen molar-refractivity contribution in [3.63, 3.8) is 0 Å². The Morgan fingerprint density at radius 1 is 1.36 bits per heavy atom. The van der Waals surface area contributed by atoms with Crippen LogP contribution in [0.3, 0.4) is 0 Å². The van der Waals surface area contributed by atoms with Crippen molar-refractivity contribution in [3.8, 4) is 17.2 Å². The Morgan fingerprint density at radius 2 is 2.20 bits per heavy atom. The highest BCUT2D eigenvalue weighted by Crippen LogP contribution is 2.48. The summed E-state index contributed by atoms with van der Waals surface area (Å²) in [6.45, 7) is 3.37. The van der Waals surface area contributed by atoms with Crippen LogP contribution in [-0.2, 0) is 4.79 Å². The molecule has 1 aromatic carbocycles. The molecule has 1 aliphatic carbocycles. The van der Waals surface area contributed by atoms with Crippen LogP contribution in [0.15, 0.2) is 18.2 Å². The van der Waals surface area contributed by atoms with Crippen LogP contribution >= 0.6 is 12.4 Å². The predicted octanol–water partition coefficient (Wildman–Crippen LogP) is 2.79. The maximum Gasteiger partial charge on any atom is 0.311 e. The van der Waals surface area contributed by atoms with E-state index in [1.54, 1.807) is 0 Å². The highest BCUT2D eigenvalue weighted by molar-refractivity contribution is 5.85. The SMILES string of the molecule is Cl.O=C(O)[C@@]12CCC[C@H]1CN(CCCOc1ccc3c(c1)OCO3)C2. The average molecular weight is 370 g/mol. The standard InChI is InChI=1S/C18H23NO5.ClH/c20-17(21)18-6-1-3-13(18)10-19(11-18)7-2-8-22-14-4-5-15-16(9-14)24-12-23-15;/h4-5,9,13H,1-3,6-8,10-12H2,(H,20,21);1H/t13-,18+;/m0./s1. The first-order valence-electron chi connectivity index (χ1n) is 8.66. The zero-order valence-corrected chi connectivity index (χ0v) is 14.9. The van der Waals surface area contributed by atoms with Crippen molar-refractivity contribution in [1.82, 2.24) is 4.90 Å². The van der Waals surface area contributed by atoms with Gasteiger partial charge in [-0.05, 0) is 37.3 Å². The van der Waals surface area contributed by atoms with Crippen molar-refractivity contribution in [2.75, 3.05) is 33.0 Å². The van der Waals surface area contributed by atoms with Crippen molar-refractivity contribution >= 4 is 18.4 Å². The van der Waals surface area contributed by atoms with E-state index in [9.17, 15) is 9.90 Å². The number of likely N-dealkylation sites (tertiary alicyclic amines) is 1. The summed E-state index contributed by atoms with van der Waals surface area (Å²) >= 11 is 0. The summed E-state index contributed by atoms with van der Waals surface area (Å²) in [6.07, 6.45) is 3.82. The molecule has 0 aromatic heterocycles. The van der Waals surface area contributed by atoms with E-state index in [1.165, 1.54) is 0 Å². The van der Waals surface area contributed by atoms with Crippen LogP contribution in [0.25, 0.3) is 0 Å². The fourth-order valence-corrected chi connectivity index (χ4v) is 4.36. The van der Waals surface area contributed by atoms with Gasteiger partial charge in [0, 0.05) is 25.7 Å². The number of benzene rings is 1. The van der Waals surface area contributed by atoms with E-state index in [0.29, 0.717) is 19.1 Å². The first-order chi connectivity index (χ1) is 11.7. The number of ether oxygens (including phenoxy) is 3. The third-order valence-electron chi connectivity index (χ3n) is 5.60. The summed E-state index contributed by atoms with van der Waals surface area (Å²) in [5, 5.41) is 9.62. The molecule has 25 heavy (non-hydrogen) atoms. The van der Waals surface area contributed by atoms with Gasteiger partial charge in [-0.25, -0.2) is 0 Å². The Balaban J connectivity index is 0.00000182. The molecule has 2 atom stereocenters. The Morgan fingerprint density at radius 3 is 3.00 bits per heavy atom. The van der Waals surface area contributed by atoms with E-state index in [4.69, 9.17) is 14.2 Å². The largest absolute Gasteiger partial charge is 0.493 e. The van der Waals surface area contributed by atoms with Crippen molar-refractivity contribution in [1.29, 1.82) is 0 Å². The highest BCUT2D eigenvalue weighted by atomic mass is 35.5. The number of aliphatic carboxylic acids is 1. The van der Waals surface area contributed by atoms with Crippen LogP contribution in [0.5, 0.6) is 17.2 Å². The van der Waals surface area contributed by atoms with Crippen LogP contribution in [0.4, 0.5) is 0 Å². The molecule has 2 fully saturated rings. The maximum absolute atomic E-state index is 11.7. The van der Waals surface area contributed by atoms with Gasteiger partial charge in [-0.1, -0.05) is 6.42 Å². The van der Waals surface area contributed by atoms with Gasteiger partial charge < -0.3 is 24.2 Å². The second kappa shape index (κ2) is 7.30. The molecule has 0 unspecified atom stereocenters. The second-order valence-electron chi connectivity index (χ2n) is 7.00. The van der Waals surface area contributed by atoms with Crippen LogP contribution in [0.2, 0.25) is 0 Å². The molecule has 138 valence electrons. The number of hydrogen-bond acceptors (Lipinski definition) is 5. The molecule has 1 saturated carbocycles. The van der Waals surface area contributed by atoms with Gasteiger partial charge in [0.2, 0.25) is 6.79 Å². The molecule has 7 heteroatoms. The summed E-state index contributed by atoms with van der Waals surface area (Å²) in [5.74, 6) is 1.97. The van der Waals surface area contributed by atoms with E-state index < -0.39 is 11.4 Å². The number of halogens is 1. The monoisotopic (exact) mass is 369 g/mol. The van der Waals surface area contributed by atoms with Crippen molar-refractivity contribution in [2.24, 2.45) is 11.3 Å². The van der Waals surface area contributed by atoms with Gasteiger partial charge in [0.05, 0.1) is 12.0 Å². The minimum atomic E-state index is -0.607. The Kier molecular flexibility index (Phi) is 5.29. The van der Waals surface area contributed by atoms with Crippen molar-refractivity contribution in [2.45, 2.75) is 25.7 Å². The molecule has 0 amide bonds. The van der Waals surface area contributed by atoms with Crippen molar-refractivity contribution < 1.29 is 24.1 Å². The lowest BCUT2D eigenvalue weighted by molar-refractivity contribution is -0.149. The van der Waals surface area contributed by atoms with E-state index in [0.717, 1.165) is 56.0 Å². The summed E-state index contributed by atoms with van der Waals surface area (Å²) in [7, 11) is 0. The number of hydrogen-bond donors (Lipinski definition) is 1. The summed E-state index contributed by atoms with van der Waals surface area (Å²) < 4.78 is 16.4. The number of carboxylic acids is 1. The normalized spacial score (nSPS) is 27.0. The molecule has 2 heterocycles. The van der Waals surface area contributed by atoms with Gasteiger partial charge in [-0.3, -0.25) is 4.79 Å². The first-order valence-corrected chi connectivity index (χ1v) is 8.66. The lowest BCUT2D eigenvalue weighted by Gasteiger charge is -2.23. The van der Waals surface area contributed by atoms with Gasteiger partial charge in [-0.15, -0.1) is 12.4 Å². The molecule has 0 bridgehead atoms. The van der Waals surface area contributed by atoms with Gasteiger partial charge in [0.1, 0.15) is 5.75 Å². The number of rotatable bonds is 6. The number of carbonyl (C=O) groups is 1. The lowest BCUT2D eigenvalue weighted by Crippen LogP contribution is -2.36. The molecule has 3 aliphatic rings. The molecule has 1 N–H and O–H groups in total. The summed E-state index contributed by atoms with van der Waals surface area (Å²) in [6, 6.07) is 5.59. The Bertz CT molecular complexity index is 640. The highest BCUT2D eigenvalue weighted by Gasteiger charge is 2.54. The molecule has 1 aromatic rings. The van der Waals surface area contributed by atoms with Crippen LogP contribution in [0, 0.1) is 11.3 Å². The lowest BCUT2D eigenvalue weighted by atomic mass is 9.81. The smallest absolute Gasteiger partial charge is 0.311 e. The van der Waals surface area contributed by atoms with Crippen molar-refractivity contribution in [3.05, 3.63) is 18.2 Å². The molecule has 6 nitrogen and oxygen atoms in total. The van der Waals surface area contributed by atoms with Crippen LogP contribution < -0.4 is 14.2 Å². The third-order valence-corrected chi connectivity index (χ3v) is 5.60. The third kappa shape index (κ3) is 3.37. The minimum absolute atomic E-state index is 0.